The average Bonchev–Trinajstić information content (AvgIpc) is 3.09. The Labute approximate surface area is 131 Å². The van der Waals surface area contributed by atoms with Crippen LogP contribution >= 0.6 is 0 Å². The van der Waals surface area contributed by atoms with Gasteiger partial charge in [0, 0.05) is 19.1 Å². The largest absolute Gasteiger partial charge is 0.468 e. The van der Waals surface area contributed by atoms with Crippen molar-refractivity contribution < 1.29 is 21.3 Å². The molecule has 1 saturated carbocycles. The van der Waals surface area contributed by atoms with Crippen LogP contribution in [0, 0.1) is 11.7 Å². The first-order valence-electron chi connectivity index (χ1n) is 7.36. The van der Waals surface area contributed by atoms with E-state index in [-0.39, 0.29) is 17.4 Å². The van der Waals surface area contributed by atoms with Gasteiger partial charge in [-0.15, -0.1) is 0 Å². The molecule has 6 nitrogen and oxygen atoms in total. The molecule has 0 N–H and O–H groups in total. The lowest BCUT2D eigenvalue weighted by Gasteiger charge is -2.39. The second-order valence-corrected chi connectivity index (χ2v) is 10.3. The van der Waals surface area contributed by atoms with Gasteiger partial charge in [-0.1, -0.05) is 0 Å². The standard InChI is InChI=1S/C14H20NO5S2/c16-21(17,10-12-8-15(9-12)13-3-4-13)6-7-22(18,19)11-14-2-1-5-20-14/h1-2,5,7,12-13H,3-4,6,8-11H2. The zero-order valence-electron chi connectivity index (χ0n) is 12.2. The van der Waals surface area contributed by atoms with E-state index in [2.05, 4.69) is 4.90 Å². The van der Waals surface area contributed by atoms with Crippen LogP contribution < -0.4 is 0 Å². The number of likely N-dealkylation sites (tertiary alicyclic amines) is 1. The maximum absolute atomic E-state index is 12.0. The van der Waals surface area contributed by atoms with Crippen molar-refractivity contribution >= 4 is 19.7 Å². The molecule has 2 fully saturated rings. The van der Waals surface area contributed by atoms with Crippen LogP contribution in [-0.2, 0) is 25.4 Å². The highest BCUT2D eigenvalue weighted by molar-refractivity contribution is 7.96. The Balaban J connectivity index is 1.45. The summed E-state index contributed by atoms with van der Waals surface area (Å²) >= 11 is 0. The first-order chi connectivity index (χ1) is 10.3. The second kappa shape index (κ2) is 5.98. The Morgan fingerprint density at radius 2 is 1.95 bits per heavy atom. The van der Waals surface area contributed by atoms with Crippen LogP contribution in [0.2, 0.25) is 0 Å². The lowest BCUT2D eigenvalue weighted by Crippen LogP contribution is -2.50. The second-order valence-electron chi connectivity index (χ2n) is 6.18. The predicted molar refractivity (Wildman–Crippen MR) is 82.4 cm³/mol. The van der Waals surface area contributed by atoms with Gasteiger partial charge in [-0.2, -0.15) is 0 Å². The molecule has 0 unspecified atom stereocenters. The van der Waals surface area contributed by atoms with Crippen LogP contribution in [0.25, 0.3) is 0 Å². The lowest BCUT2D eigenvalue weighted by molar-refractivity contribution is 0.106. The molecule has 1 aliphatic carbocycles. The van der Waals surface area contributed by atoms with Gasteiger partial charge in [-0.05, 0) is 30.9 Å². The minimum absolute atomic E-state index is 0.0724. The Kier molecular flexibility index (Phi) is 4.35. The van der Waals surface area contributed by atoms with Crippen molar-refractivity contribution in [3.63, 3.8) is 0 Å². The first kappa shape index (κ1) is 16.0. The molecule has 0 spiro atoms. The summed E-state index contributed by atoms with van der Waals surface area (Å²) < 4.78 is 52.8. The summed E-state index contributed by atoms with van der Waals surface area (Å²) in [6.07, 6.45) is 3.83. The van der Waals surface area contributed by atoms with Crippen LogP contribution in [0.15, 0.2) is 22.8 Å². The summed E-state index contributed by atoms with van der Waals surface area (Å²) in [6.45, 7) is 1.64. The number of rotatable bonds is 8. The van der Waals surface area contributed by atoms with E-state index < -0.39 is 25.4 Å². The van der Waals surface area contributed by atoms with Gasteiger partial charge >= 0.3 is 0 Å². The van der Waals surface area contributed by atoms with E-state index in [4.69, 9.17) is 4.42 Å². The predicted octanol–water partition coefficient (Wildman–Crippen LogP) is 0.865. The fourth-order valence-electron chi connectivity index (χ4n) is 2.74. The van der Waals surface area contributed by atoms with Crippen LogP contribution in [0.1, 0.15) is 18.6 Å². The van der Waals surface area contributed by atoms with Crippen molar-refractivity contribution in [1.82, 2.24) is 4.90 Å². The maximum atomic E-state index is 12.0. The highest BCUT2D eigenvalue weighted by atomic mass is 32.2. The van der Waals surface area contributed by atoms with Crippen molar-refractivity contribution in [3.8, 4) is 0 Å². The fraction of sp³-hybridized carbons (Fsp3) is 0.643. The van der Waals surface area contributed by atoms with E-state index in [1.807, 2.05) is 0 Å². The molecule has 1 aromatic rings. The van der Waals surface area contributed by atoms with E-state index in [0.29, 0.717) is 11.8 Å². The van der Waals surface area contributed by atoms with E-state index in [1.165, 1.54) is 19.1 Å². The lowest BCUT2D eigenvalue weighted by atomic mass is 10.0. The molecule has 22 heavy (non-hydrogen) atoms. The van der Waals surface area contributed by atoms with Gasteiger partial charge in [0.1, 0.15) is 11.5 Å². The van der Waals surface area contributed by atoms with E-state index in [1.54, 1.807) is 12.1 Å². The molecule has 8 heteroatoms. The molecule has 123 valence electrons. The zero-order chi connectivity index (χ0) is 15.8. The number of hydrogen-bond donors (Lipinski definition) is 0. The Morgan fingerprint density at radius 1 is 1.23 bits per heavy atom. The molecule has 1 aliphatic heterocycles. The van der Waals surface area contributed by atoms with Crippen LogP contribution in [0.3, 0.4) is 0 Å². The van der Waals surface area contributed by atoms with Crippen LogP contribution in [-0.4, -0.2) is 52.4 Å². The average molecular weight is 346 g/mol. The molecule has 2 aliphatic rings. The normalized spacial score (nSPS) is 20.9. The zero-order valence-corrected chi connectivity index (χ0v) is 13.9. The first-order valence-corrected chi connectivity index (χ1v) is 10.9. The minimum atomic E-state index is -3.58. The smallest absolute Gasteiger partial charge is 0.162 e. The van der Waals surface area contributed by atoms with Gasteiger partial charge in [0.2, 0.25) is 0 Å². The topological polar surface area (TPSA) is 84.7 Å². The van der Waals surface area contributed by atoms with Crippen molar-refractivity contribution in [3.05, 3.63) is 29.9 Å². The Morgan fingerprint density at radius 3 is 2.55 bits per heavy atom. The quantitative estimate of drug-likeness (QED) is 0.694. The maximum Gasteiger partial charge on any atom is 0.162 e. The number of sulfone groups is 2. The molecule has 1 radical (unpaired) electrons. The highest BCUT2D eigenvalue weighted by Crippen LogP contribution is 2.33. The molecular weight excluding hydrogens is 326 g/mol. The van der Waals surface area contributed by atoms with Gasteiger partial charge in [0.05, 0.1) is 23.5 Å². The van der Waals surface area contributed by atoms with E-state index in [0.717, 1.165) is 18.8 Å². The monoisotopic (exact) mass is 346 g/mol. The summed E-state index contributed by atoms with van der Waals surface area (Å²) in [5, 5.41) is 0. The molecule has 3 rings (SSSR count). The van der Waals surface area contributed by atoms with Crippen molar-refractivity contribution in [2.45, 2.75) is 24.6 Å². The van der Waals surface area contributed by atoms with Crippen molar-refractivity contribution in [1.29, 1.82) is 0 Å². The Bertz CT molecular complexity index is 698. The molecule has 0 bridgehead atoms. The van der Waals surface area contributed by atoms with Gasteiger partial charge in [-0.3, -0.25) is 4.90 Å². The summed E-state index contributed by atoms with van der Waals surface area (Å²) in [6, 6.07) is 3.82. The summed E-state index contributed by atoms with van der Waals surface area (Å²) in [5.74, 6) is 0.717. The van der Waals surface area contributed by atoms with Crippen LogP contribution in [0.4, 0.5) is 0 Å². The van der Waals surface area contributed by atoms with E-state index in [9.17, 15) is 16.8 Å². The van der Waals surface area contributed by atoms with Gasteiger partial charge in [0.15, 0.2) is 19.7 Å². The third-order valence-corrected chi connectivity index (χ3v) is 7.26. The van der Waals surface area contributed by atoms with Crippen molar-refractivity contribution in [2.75, 3.05) is 24.6 Å². The highest BCUT2D eigenvalue weighted by Gasteiger charge is 2.39. The molecular formula is C14H20NO5S2. The third-order valence-electron chi connectivity index (χ3n) is 4.04. The summed E-state index contributed by atoms with van der Waals surface area (Å²) in [4.78, 5) is 2.30. The molecule has 1 aromatic heterocycles. The fourth-order valence-corrected chi connectivity index (χ4v) is 6.14. The minimum Gasteiger partial charge on any atom is -0.468 e. The SMILES string of the molecule is O=S(=O)([CH]CS(=O)(=O)CC1CN(C2CC2)C1)Cc1ccco1. The van der Waals surface area contributed by atoms with Gasteiger partial charge < -0.3 is 4.42 Å². The summed E-state index contributed by atoms with van der Waals surface area (Å²) in [7, 11) is -6.96. The molecule has 0 atom stereocenters. The molecule has 0 amide bonds. The third kappa shape index (κ3) is 4.33. The number of nitrogens with zero attached hydrogens (tertiary/aromatic N) is 1. The Hall–Kier alpha value is -0.860. The van der Waals surface area contributed by atoms with Crippen molar-refractivity contribution in [2.24, 2.45) is 5.92 Å². The van der Waals surface area contributed by atoms with E-state index >= 15 is 0 Å². The molecule has 0 aromatic carbocycles. The number of hydrogen-bond acceptors (Lipinski definition) is 6. The van der Waals surface area contributed by atoms with Crippen LogP contribution in [0.5, 0.6) is 0 Å². The van der Waals surface area contributed by atoms with Gasteiger partial charge in [-0.25, -0.2) is 16.8 Å². The number of furan rings is 1. The molecule has 1 saturated heterocycles. The summed E-state index contributed by atoms with van der Waals surface area (Å²) in [5.41, 5.74) is 0. The van der Waals surface area contributed by atoms with Gasteiger partial charge in [0.25, 0.3) is 0 Å². The molecule has 2 heterocycles.